The van der Waals surface area contributed by atoms with E-state index in [1.807, 2.05) is 0 Å². The van der Waals surface area contributed by atoms with Crippen molar-refractivity contribution in [2.45, 2.75) is 25.6 Å². The van der Waals surface area contributed by atoms with E-state index < -0.39 is 18.0 Å². The largest absolute Gasteiger partial charge is 0.390 e. The Bertz CT molecular complexity index is 330. The fourth-order valence-corrected chi connectivity index (χ4v) is 1.88. The molecular formula is C11H14BrFO2. The van der Waals surface area contributed by atoms with E-state index in [1.165, 1.54) is 12.1 Å². The van der Waals surface area contributed by atoms with Crippen LogP contribution in [0.25, 0.3) is 0 Å². The van der Waals surface area contributed by atoms with Crippen LogP contribution in [0, 0.1) is 12.7 Å². The lowest BCUT2D eigenvalue weighted by molar-refractivity contribution is 0.0168. The van der Waals surface area contributed by atoms with Gasteiger partial charge in [-0.25, -0.2) is 4.39 Å². The molecule has 2 N–H and O–H groups in total. The molecule has 2 unspecified atom stereocenters. The lowest BCUT2D eigenvalue weighted by Crippen LogP contribution is -2.19. The Labute approximate surface area is 96.9 Å². The van der Waals surface area contributed by atoms with Gasteiger partial charge in [-0.15, -0.1) is 0 Å². The maximum Gasteiger partial charge on any atom is 0.123 e. The van der Waals surface area contributed by atoms with Crippen LogP contribution in [0.4, 0.5) is 4.39 Å². The zero-order chi connectivity index (χ0) is 11.4. The first kappa shape index (κ1) is 12.6. The Morgan fingerprint density at radius 3 is 2.67 bits per heavy atom. The molecule has 15 heavy (non-hydrogen) atoms. The van der Waals surface area contributed by atoms with Crippen molar-refractivity contribution in [2.75, 3.05) is 5.33 Å². The topological polar surface area (TPSA) is 40.5 Å². The molecule has 0 fully saturated rings. The van der Waals surface area contributed by atoms with Crippen molar-refractivity contribution >= 4 is 15.9 Å². The van der Waals surface area contributed by atoms with Gasteiger partial charge < -0.3 is 10.2 Å². The first-order valence-electron chi connectivity index (χ1n) is 4.74. The minimum absolute atomic E-state index is 0.402. The zero-order valence-corrected chi connectivity index (χ0v) is 10.0. The molecule has 0 aliphatic rings. The van der Waals surface area contributed by atoms with E-state index in [-0.39, 0.29) is 0 Å². The summed E-state index contributed by atoms with van der Waals surface area (Å²) in [7, 11) is 0. The van der Waals surface area contributed by atoms with Crippen molar-refractivity contribution in [2.24, 2.45) is 0 Å². The molecule has 84 valence electrons. The molecule has 0 heterocycles. The Kier molecular flexibility index (Phi) is 4.70. The zero-order valence-electron chi connectivity index (χ0n) is 8.45. The predicted molar refractivity (Wildman–Crippen MR) is 60.5 cm³/mol. The van der Waals surface area contributed by atoms with Crippen LogP contribution < -0.4 is 0 Å². The molecule has 0 bridgehead atoms. The molecule has 2 nitrogen and oxygen atoms in total. The third-order valence-corrected chi connectivity index (χ3v) is 2.79. The molecule has 0 spiro atoms. The lowest BCUT2D eigenvalue weighted by Gasteiger charge is -2.19. The first-order chi connectivity index (χ1) is 7.06. The highest BCUT2D eigenvalue weighted by Gasteiger charge is 2.19. The standard InChI is InChI=1S/C11H14BrFO2/c1-7-2-3-8(13)6-9(7)11(15)10(14)4-5-12/h2-3,6,10-11,14-15H,4-5H2,1H3. The van der Waals surface area contributed by atoms with E-state index >= 15 is 0 Å². The molecule has 1 aromatic carbocycles. The van der Waals surface area contributed by atoms with Crippen LogP contribution in [0.3, 0.4) is 0 Å². The summed E-state index contributed by atoms with van der Waals surface area (Å²) < 4.78 is 13.0. The number of halogens is 2. The number of aryl methyl sites for hydroxylation is 1. The quantitative estimate of drug-likeness (QED) is 0.829. The fraction of sp³-hybridized carbons (Fsp3) is 0.455. The van der Waals surface area contributed by atoms with Crippen LogP contribution >= 0.6 is 15.9 Å². The molecule has 4 heteroatoms. The highest BCUT2D eigenvalue weighted by molar-refractivity contribution is 9.09. The first-order valence-corrected chi connectivity index (χ1v) is 5.86. The van der Waals surface area contributed by atoms with Crippen LogP contribution in [0.1, 0.15) is 23.7 Å². The summed E-state index contributed by atoms with van der Waals surface area (Å²) in [6, 6.07) is 4.19. The Hall–Kier alpha value is -0.450. The second-order valence-electron chi connectivity index (χ2n) is 3.49. The number of rotatable bonds is 4. The summed E-state index contributed by atoms with van der Waals surface area (Å²) in [4.78, 5) is 0. The van der Waals surface area contributed by atoms with Gasteiger partial charge in [-0.1, -0.05) is 22.0 Å². The molecule has 0 aliphatic carbocycles. The van der Waals surface area contributed by atoms with Gasteiger partial charge in [0.1, 0.15) is 11.9 Å². The van der Waals surface area contributed by atoms with Crippen LogP contribution in [-0.2, 0) is 0 Å². The maximum absolute atomic E-state index is 13.0. The normalized spacial score (nSPS) is 15.0. The van der Waals surface area contributed by atoms with Crippen LogP contribution in [0.2, 0.25) is 0 Å². The average molecular weight is 277 g/mol. The molecule has 0 aromatic heterocycles. The van der Waals surface area contributed by atoms with Gasteiger partial charge in [-0.2, -0.15) is 0 Å². The summed E-state index contributed by atoms with van der Waals surface area (Å²) in [5.74, 6) is -0.402. The van der Waals surface area contributed by atoms with E-state index in [0.29, 0.717) is 17.3 Å². The van der Waals surface area contributed by atoms with E-state index in [0.717, 1.165) is 5.56 Å². The Morgan fingerprint density at radius 2 is 2.07 bits per heavy atom. The van der Waals surface area contributed by atoms with Gasteiger partial charge in [0.25, 0.3) is 0 Å². The molecule has 0 saturated carbocycles. The number of hydrogen-bond acceptors (Lipinski definition) is 2. The number of hydrogen-bond donors (Lipinski definition) is 2. The molecule has 0 aliphatic heterocycles. The second-order valence-corrected chi connectivity index (χ2v) is 4.28. The summed E-state index contributed by atoms with van der Waals surface area (Å²) in [5, 5.41) is 20.0. The van der Waals surface area contributed by atoms with Crippen molar-refractivity contribution in [1.82, 2.24) is 0 Å². The van der Waals surface area contributed by atoms with E-state index in [9.17, 15) is 14.6 Å². The monoisotopic (exact) mass is 276 g/mol. The number of aliphatic hydroxyl groups excluding tert-OH is 2. The summed E-state index contributed by atoms with van der Waals surface area (Å²) in [6.45, 7) is 1.78. The van der Waals surface area contributed by atoms with Gasteiger partial charge in [0.2, 0.25) is 0 Å². The van der Waals surface area contributed by atoms with Crippen LogP contribution in [0.5, 0.6) is 0 Å². The van der Waals surface area contributed by atoms with E-state index in [2.05, 4.69) is 15.9 Å². The maximum atomic E-state index is 13.0. The second kappa shape index (κ2) is 5.58. The number of aliphatic hydroxyl groups is 2. The van der Waals surface area contributed by atoms with Gasteiger partial charge >= 0.3 is 0 Å². The smallest absolute Gasteiger partial charge is 0.123 e. The SMILES string of the molecule is Cc1ccc(F)cc1C(O)C(O)CCBr. The van der Waals surface area contributed by atoms with Crippen LogP contribution in [0.15, 0.2) is 18.2 Å². The van der Waals surface area contributed by atoms with Crippen molar-refractivity contribution in [3.8, 4) is 0 Å². The third-order valence-electron chi connectivity index (χ3n) is 2.33. The Morgan fingerprint density at radius 1 is 1.40 bits per heavy atom. The average Bonchev–Trinajstić information content (AvgIpc) is 2.21. The minimum Gasteiger partial charge on any atom is -0.390 e. The van der Waals surface area contributed by atoms with Gasteiger partial charge in [-0.3, -0.25) is 0 Å². The van der Waals surface area contributed by atoms with Gasteiger partial charge in [0.05, 0.1) is 6.10 Å². The lowest BCUT2D eigenvalue weighted by atomic mass is 9.98. The van der Waals surface area contributed by atoms with Gasteiger partial charge in [0, 0.05) is 5.33 Å². The number of alkyl halides is 1. The molecule has 0 amide bonds. The molecule has 1 rings (SSSR count). The van der Waals surface area contributed by atoms with Crippen molar-refractivity contribution in [3.05, 3.63) is 35.1 Å². The minimum atomic E-state index is -1.03. The summed E-state index contributed by atoms with van der Waals surface area (Å²) in [5.41, 5.74) is 1.22. The van der Waals surface area contributed by atoms with Crippen molar-refractivity contribution in [1.29, 1.82) is 0 Å². The summed E-state index contributed by atoms with van der Waals surface area (Å²) >= 11 is 3.18. The highest BCUT2D eigenvalue weighted by atomic mass is 79.9. The van der Waals surface area contributed by atoms with Gasteiger partial charge in [-0.05, 0) is 36.6 Å². The number of benzene rings is 1. The Balaban J connectivity index is 2.89. The third kappa shape index (κ3) is 3.26. The molecule has 2 atom stereocenters. The van der Waals surface area contributed by atoms with Crippen molar-refractivity contribution < 1.29 is 14.6 Å². The molecule has 1 aromatic rings. The van der Waals surface area contributed by atoms with Gasteiger partial charge in [0.15, 0.2) is 0 Å². The fourth-order valence-electron chi connectivity index (χ4n) is 1.41. The summed E-state index contributed by atoms with van der Waals surface area (Å²) in [6.07, 6.45) is -1.47. The highest BCUT2D eigenvalue weighted by Crippen LogP contribution is 2.23. The van der Waals surface area contributed by atoms with Crippen LogP contribution in [-0.4, -0.2) is 21.6 Å². The molecule has 0 radical (unpaired) electrons. The molecular weight excluding hydrogens is 263 g/mol. The molecule has 0 saturated heterocycles. The van der Waals surface area contributed by atoms with E-state index in [1.54, 1.807) is 13.0 Å². The predicted octanol–water partition coefficient (Wildman–Crippen LogP) is 2.31. The van der Waals surface area contributed by atoms with E-state index in [4.69, 9.17) is 0 Å². The van der Waals surface area contributed by atoms with Crippen molar-refractivity contribution in [3.63, 3.8) is 0 Å².